The van der Waals surface area contributed by atoms with Crippen molar-refractivity contribution in [3.05, 3.63) is 0 Å². The second kappa shape index (κ2) is 5.68. The Labute approximate surface area is 106 Å². The lowest BCUT2D eigenvalue weighted by Gasteiger charge is -2.41. The van der Waals surface area contributed by atoms with Crippen LogP contribution in [-0.2, 0) is 4.74 Å². The molecule has 2 rings (SSSR count). The van der Waals surface area contributed by atoms with E-state index < -0.39 is 0 Å². The zero-order valence-corrected chi connectivity index (χ0v) is 11.7. The molecule has 0 aromatic heterocycles. The third-order valence-electron chi connectivity index (χ3n) is 4.55. The summed E-state index contributed by atoms with van der Waals surface area (Å²) >= 11 is 0. The standard InChI is InChI=1S/C14H28N2O/c1-12-4-6-16(13(2)8-12)10-14(9-15-3)5-7-17-11-14/h12-13,15H,4-11H2,1-3H3. The smallest absolute Gasteiger partial charge is 0.0547 e. The lowest BCUT2D eigenvalue weighted by atomic mass is 9.84. The number of hydrogen-bond donors (Lipinski definition) is 1. The predicted molar refractivity (Wildman–Crippen MR) is 71.2 cm³/mol. The number of nitrogens with one attached hydrogen (secondary N) is 1. The van der Waals surface area contributed by atoms with Crippen LogP contribution >= 0.6 is 0 Å². The minimum Gasteiger partial charge on any atom is -0.381 e. The van der Waals surface area contributed by atoms with Crippen molar-refractivity contribution >= 4 is 0 Å². The first-order valence-electron chi connectivity index (χ1n) is 7.12. The first-order chi connectivity index (χ1) is 8.15. The summed E-state index contributed by atoms with van der Waals surface area (Å²) in [6, 6.07) is 0.744. The summed E-state index contributed by atoms with van der Waals surface area (Å²) in [5.41, 5.74) is 0.365. The van der Waals surface area contributed by atoms with Crippen LogP contribution in [0.15, 0.2) is 0 Å². The second-order valence-electron chi connectivity index (χ2n) is 6.28. The van der Waals surface area contributed by atoms with Gasteiger partial charge in [0.25, 0.3) is 0 Å². The summed E-state index contributed by atoms with van der Waals surface area (Å²) in [6.07, 6.45) is 3.93. The maximum atomic E-state index is 5.64. The molecule has 1 N–H and O–H groups in total. The Kier molecular flexibility index (Phi) is 4.45. The molecule has 3 atom stereocenters. The van der Waals surface area contributed by atoms with Gasteiger partial charge in [-0.1, -0.05) is 6.92 Å². The van der Waals surface area contributed by atoms with Gasteiger partial charge in [0.1, 0.15) is 0 Å². The van der Waals surface area contributed by atoms with E-state index in [2.05, 4.69) is 31.1 Å². The Morgan fingerprint density at radius 2 is 2.24 bits per heavy atom. The van der Waals surface area contributed by atoms with Crippen LogP contribution < -0.4 is 5.32 Å². The van der Waals surface area contributed by atoms with Crippen LogP contribution in [0.1, 0.15) is 33.1 Å². The van der Waals surface area contributed by atoms with Gasteiger partial charge in [-0.3, -0.25) is 4.90 Å². The Bertz CT molecular complexity index is 238. The molecule has 17 heavy (non-hydrogen) atoms. The Balaban J connectivity index is 1.93. The summed E-state index contributed by atoms with van der Waals surface area (Å²) in [5.74, 6) is 0.904. The minimum absolute atomic E-state index is 0.365. The number of hydrogen-bond acceptors (Lipinski definition) is 3. The van der Waals surface area contributed by atoms with Crippen molar-refractivity contribution in [1.29, 1.82) is 0 Å². The molecule has 2 aliphatic rings. The number of rotatable bonds is 4. The highest BCUT2D eigenvalue weighted by Gasteiger charge is 2.38. The molecule has 3 nitrogen and oxygen atoms in total. The second-order valence-corrected chi connectivity index (χ2v) is 6.28. The number of nitrogens with zero attached hydrogens (tertiary/aromatic N) is 1. The summed E-state index contributed by atoms with van der Waals surface area (Å²) in [5, 5.41) is 3.36. The van der Waals surface area contributed by atoms with Crippen molar-refractivity contribution in [1.82, 2.24) is 10.2 Å². The van der Waals surface area contributed by atoms with Crippen LogP contribution in [0.2, 0.25) is 0 Å². The maximum Gasteiger partial charge on any atom is 0.0547 e. The van der Waals surface area contributed by atoms with Gasteiger partial charge in [-0.25, -0.2) is 0 Å². The molecule has 2 fully saturated rings. The third kappa shape index (κ3) is 3.21. The van der Waals surface area contributed by atoms with E-state index in [0.717, 1.165) is 31.7 Å². The first kappa shape index (κ1) is 13.3. The van der Waals surface area contributed by atoms with E-state index >= 15 is 0 Å². The highest BCUT2D eigenvalue weighted by atomic mass is 16.5. The van der Waals surface area contributed by atoms with Gasteiger partial charge in [-0.15, -0.1) is 0 Å². The fraction of sp³-hybridized carbons (Fsp3) is 1.00. The molecule has 0 spiro atoms. The lowest BCUT2D eigenvalue weighted by molar-refractivity contribution is 0.0596. The fourth-order valence-corrected chi connectivity index (χ4v) is 3.47. The molecule has 2 aliphatic heterocycles. The molecule has 2 saturated heterocycles. The summed E-state index contributed by atoms with van der Waals surface area (Å²) in [6.45, 7) is 10.2. The van der Waals surface area contributed by atoms with Gasteiger partial charge in [0.2, 0.25) is 0 Å². The van der Waals surface area contributed by atoms with E-state index in [1.165, 1.54) is 32.4 Å². The van der Waals surface area contributed by atoms with Crippen molar-refractivity contribution in [2.24, 2.45) is 11.3 Å². The minimum atomic E-state index is 0.365. The topological polar surface area (TPSA) is 24.5 Å². The summed E-state index contributed by atoms with van der Waals surface area (Å²) < 4.78 is 5.64. The van der Waals surface area contributed by atoms with E-state index in [9.17, 15) is 0 Å². The molecule has 3 heteroatoms. The van der Waals surface area contributed by atoms with Crippen molar-refractivity contribution in [3.8, 4) is 0 Å². The molecule has 0 radical (unpaired) electrons. The molecule has 0 aromatic carbocycles. The largest absolute Gasteiger partial charge is 0.381 e. The molecule has 2 heterocycles. The van der Waals surface area contributed by atoms with Gasteiger partial charge in [-0.2, -0.15) is 0 Å². The molecule has 3 unspecified atom stereocenters. The fourth-order valence-electron chi connectivity index (χ4n) is 3.47. The molecule has 100 valence electrons. The van der Waals surface area contributed by atoms with E-state index in [0.29, 0.717) is 5.41 Å². The van der Waals surface area contributed by atoms with Crippen molar-refractivity contribution in [2.45, 2.75) is 39.2 Å². The van der Waals surface area contributed by atoms with Gasteiger partial charge >= 0.3 is 0 Å². The highest BCUT2D eigenvalue weighted by molar-refractivity contribution is 4.90. The van der Waals surface area contributed by atoms with Crippen molar-refractivity contribution in [3.63, 3.8) is 0 Å². The first-order valence-corrected chi connectivity index (χ1v) is 7.12. The van der Waals surface area contributed by atoms with Crippen LogP contribution in [0.4, 0.5) is 0 Å². The lowest BCUT2D eigenvalue weighted by Crippen LogP contribution is -2.49. The average Bonchev–Trinajstić information content (AvgIpc) is 2.72. The predicted octanol–water partition coefficient (Wildman–Crippen LogP) is 1.73. The molecule has 0 aromatic rings. The van der Waals surface area contributed by atoms with Crippen LogP contribution in [0, 0.1) is 11.3 Å². The van der Waals surface area contributed by atoms with Crippen LogP contribution in [0.3, 0.4) is 0 Å². The van der Waals surface area contributed by atoms with Crippen LogP contribution in [0.25, 0.3) is 0 Å². The van der Waals surface area contributed by atoms with Gasteiger partial charge in [0, 0.05) is 31.2 Å². The summed E-state index contributed by atoms with van der Waals surface area (Å²) in [4.78, 5) is 2.69. The number of likely N-dealkylation sites (tertiary alicyclic amines) is 1. The van der Waals surface area contributed by atoms with Gasteiger partial charge in [-0.05, 0) is 45.7 Å². The van der Waals surface area contributed by atoms with Crippen LogP contribution in [-0.4, -0.2) is 50.8 Å². The van der Waals surface area contributed by atoms with E-state index in [-0.39, 0.29) is 0 Å². The molecular weight excluding hydrogens is 212 g/mol. The van der Waals surface area contributed by atoms with E-state index in [1.54, 1.807) is 0 Å². The molecule has 0 amide bonds. The Hall–Kier alpha value is -0.120. The zero-order valence-electron chi connectivity index (χ0n) is 11.7. The number of ether oxygens (including phenoxy) is 1. The number of piperidine rings is 1. The molecule has 0 aliphatic carbocycles. The Morgan fingerprint density at radius 3 is 2.82 bits per heavy atom. The van der Waals surface area contributed by atoms with Gasteiger partial charge in [0.05, 0.1) is 6.61 Å². The van der Waals surface area contributed by atoms with E-state index in [1.807, 2.05) is 0 Å². The summed E-state index contributed by atoms with van der Waals surface area (Å²) in [7, 11) is 2.06. The van der Waals surface area contributed by atoms with E-state index in [4.69, 9.17) is 4.74 Å². The normalized spacial score (nSPS) is 39.7. The SMILES string of the molecule is CNCC1(CN2CCC(C)CC2C)CCOC1. The zero-order chi connectivity index (χ0) is 12.3. The quantitative estimate of drug-likeness (QED) is 0.810. The van der Waals surface area contributed by atoms with Gasteiger partial charge < -0.3 is 10.1 Å². The van der Waals surface area contributed by atoms with Crippen LogP contribution in [0.5, 0.6) is 0 Å². The third-order valence-corrected chi connectivity index (χ3v) is 4.55. The van der Waals surface area contributed by atoms with Crippen molar-refractivity contribution < 1.29 is 4.74 Å². The maximum absolute atomic E-state index is 5.64. The Morgan fingerprint density at radius 1 is 1.41 bits per heavy atom. The average molecular weight is 240 g/mol. The van der Waals surface area contributed by atoms with Gasteiger partial charge in [0.15, 0.2) is 0 Å². The highest BCUT2D eigenvalue weighted by Crippen LogP contribution is 2.32. The molecule has 0 bridgehead atoms. The monoisotopic (exact) mass is 240 g/mol. The van der Waals surface area contributed by atoms with Crippen molar-refractivity contribution in [2.75, 3.05) is 39.9 Å². The molecular formula is C14H28N2O. The molecule has 0 saturated carbocycles.